The number of fused-ring (bicyclic) bond motifs is 1. The summed E-state index contributed by atoms with van der Waals surface area (Å²) in [6.45, 7) is 2.59. The van der Waals surface area contributed by atoms with E-state index in [2.05, 4.69) is 4.98 Å². The van der Waals surface area contributed by atoms with Crippen molar-refractivity contribution in [2.45, 2.75) is 20.0 Å². The highest BCUT2D eigenvalue weighted by atomic mass is 19.4. The van der Waals surface area contributed by atoms with Gasteiger partial charge in [0.1, 0.15) is 0 Å². The Morgan fingerprint density at radius 2 is 1.84 bits per heavy atom. The molecule has 0 saturated carbocycles. The Hall–Kier alpha value is -4.02. The van der Waals surface area contributed by atoms with Gasteiger partial charge in [-0.2, -0.15) is 13.2 Å². The highest BCUT2D eigenvalue weighted by molar-refractivity contribution is 5.98. The number of esters is 1. The number of nitrogens with one attached hydrogen (secondary N) is 1. The van der Waals surface area contributed by atoms with Gasteiger partial charge in [-0.25, -0.2) is 4.79 Å². The molecule has 0 radical (unpaired) electrons. The van der Waals surface area contributed by atoms with Gasteiger partial charge in [-0.1, -0.05) is 11.6 Å². The molecule has 0 aliphatic heterocycles. The van der Waals surface area contributed by atoms with Crippen LogP contribution in [0, 0.1) is 24.0 Å². The maximum atomic E-state index is 13.2. The Balaban J connectivity index is 1.74. The Labute approximate surface area is 179 Å². The summed E-state index contributed by atoms with van der Waals surface area (Å²) in [5.41, 5.74) is -0.773. The number of non-ortho nitro benzene ring substituents is 1. The van der Waals surface area contributed by atoms with Gasteiger partial charge in [-0.15, -0.1) is 0 Å². The maximum Gasteiger partial charge on any atom is 0.418 e. The van der Waals surface area contributed by atoms with Crippen molar-refractivity contribution < 1.29 is 32.4 Å². The molecular formula is C21H16F3N3O5. The summed E-state index contributed by atoms with van der Waals surface area (Å²) in [7, 11) is 0. The van der Waals surface area contributed by atoms with Crippen LogP contribution in [0.5, 0.6) is 0 Å². The van der Waals surface area contributed by atoms with Gasteiger partial charge in [0.05, 0.1) is 32.9 Å². The second-order valence-electron chi connectivity index (χ2n) is 6.93. The normalized spacial score (nSPS) is 11.3. The number of pyridine rings is 1. The molecule has 0 unspecified atom stereocenters. The van der Waals surface area contributed by atoms with Gasteiger partial charge >= 0.3 is 12.1 Å². The van der Waals surface area contributed by atoms with Gasteiger partial charge in [-0.3, -0.25) is 19.9 Å². The number of anilines is 1. The molecule has 2 aromatic carbocycles. The number of halogens is 3. The Kier molecular flexibility index (Phi) is 6.10. The van der Waals surface area contributed by atoms with Crippen LogP contribution in [-0.2, 0) is 15.7 Å². The number of hydrogen-bond acceptors (Lipinski definition) is 6. The van der Waals surface area contributed by atoms with Crippen molar-refractivity contribution in [3.8, 4) is 0 Å². The largest absolute Gasteiger partial charge is 0.452 e. The van der Waals surface area contributed by atoms with Crippen molar-refractivity contribution in [1.82, 2.24) is 4.98 Å². The van der Waals surface area contributed by atoms with Crippen LogP contribution in [0.15, 0.2) is 42.5 Å². The number of benzene rings is 2. The third-order valence-electron chi connectivity index (χ3n) is 4.51. The van der Waals surface area contributed by atoms with Crippen LogP contribution in [0.4, 0.5) is 24.5 Å². The fourth-order valence-corrected chi connectivity index (χ4v) is 2.98. The lowest BCUT2D eigenvalue weighted by Crippen LogP contribution is -2.23. The van der Waals surface area contributed by atoms with Crippen LogP contribution in [0.2, 0.25) is 0 Å². The zero-order valence-corrected chi connectivity index (χ0v) is 16.8. The molecule has 0 aliphatic rings. The summed E-state index contributed by atoms with van der Waals surface area (Å²) in [6, 6.07) is 8.94. The van der Waals surface area contributed by atoms with Crippen LogP contribution in [-0.4, -0.2) is 28.4 Å². The van der Waals surface area contributed by atoms with E-state index < -0.39 is 46.5 Å². The number of nitrogens with zero attached hydrogens (tertiary/aromatic N) is 2. The quantitative estimate of drug-likeness (QED) is 0.348. The Morgan fingerprint density at radius 3 is 2.50 bits per heavy atom. The highest BCUT2D eigenvalue weighted by Gasteiger charge is 2.35. The zero-order chi connectivity index (χ0) is 23.6. The molecule has 0 aliphatic carbocycles. The number of hydrogen-bond donors (Lipinski definition) is 1. The van der Waals surface area contributed by atoms with Crippen molar-refractivity contribution in [3.63, 3.8) is 0 Å². The van der Waals surface area contributed by atoms with E-state index in [1.54, 1.807) is 19.1 Å². The highest BCUT2D eigenvalue weighted by Crippen LogP contribution is 2.37. The molecule has 0 fully saturated rings. The second-order valence-corrected chi connectivity index (χ2v) is 6.93. The molecule has 0 spiro atoms. The molecule has 0 bridgehead atoms. The minimum Gasteiger partial charge on any atom is -0.452 e. The van der Waals surface area contributed by atoms with Crippen LogP contribution in [0.1, 0.15) is 27.2 Å². The van der Waals surface area contributed by atoms with Crippen molar-refractivity contribution in [2.24, 2.45) is 0 Å². The van der Waals surface area contributed by atoms with Crippen molar-refractivity contribution in [3.05, 3.63) is 75.0 Å². The first-order chi connectivity index (χ1) is 15.0. The van der Waals surface area contributed by atoms with Crippen LogP contribution < -0.4 is 5.32 Å². The SMILES string of the molecule is Cc1ccc2nc(C)c(C(=O)OCC(=O)Nc3ccc([N+](=O)[O-])cc3C(F)(F)F)cc2c1. The minimum absolute atomic E-state index is 0.113. The Morgan fingerprint density at radius 1 is 1.12 bits per heavy atom. The molecule has 0 atom stereocenters. The van der Waals surface area contributed by atoms with E-state index in [-0.39, 0.29) is 5.56 Å². The first kappa shape index (κ1) is 22.7. The van der Waals surface area contributed by atoms with Gasteiger partial charge in [0.25, 0.3) is 11.6 Å². The number of rotatable bonds is 5. The molecule has 8 nitrogen and oxygen atoms in total. The summed E-state index contributed by atoms with van der Waals surface area (Å²) in [6.07, 6.45) is -4.95. The number of aromatic nitrogens is 1. The number of alkyl halides is 3. The van der Waals surface area contributed by atoms with Crippen molar-refractivity contribution >= 4 is 34.2 Å². The van der Waals surface area contributed by atoms with E-state index in [1.807, 2.05) is 24.4 Å². The molecule has 32 heavy (non-hydrogen) atoms. The monoisotopic (exact) mass is 447 g/mol. The van der Waals surface area contributed by atoms with Crippen molar-refractivity contribution in [1.29, 1.82) is 0 Å². The van der Waals surface area contributed by atoms with Crippen LogP contribution in [0.25, 0.3) is 10.9 Å². The molecule has 1 N–H and O–H groups in total. The topological polar surface area (TPSA) is 111 Å². The standard InChI is InChI=1S/C21H16F3N3O5/c1-11-3-5-17-13(7-11)8-15(12(2)25-17)20(29)32-10-19(28)26-18-6-4-14(27(30)31)9-16(18)21(22,23)24/h3-9H,10H2,1-2H3,(H,26,28). The number of amides is 1. The van der Waals surface area contributed by atoms with Crippen LogP contribution in [0.3, 0.4) is 0 Å². The van der Waals surface area contributed by atoms with E-state index in [1.165, 1.54) is 0 Å². The molecule has 1 aromatic heterocycles. The number of carbonyl (C=O) groups excluding carboxylic acids is 2. The molecule has 0 saturated heterocycles. The number of nitro groups is 1. The van der Waals surface area contributed by atoms with Gasteiger partial charge in [-0.05, 0) is 38.1 Å². The van der Waals surface area contributed by atoms with E-state index in [4.69, 9.17) is 4.74 Å². The lowest BCUT2D eigenvalue weighted by molar-refractivity contribution is -0.385. The first-order valence-corrected chi connectivity index (χ1v) is 9.16. The molecule has 3 aromatic rings. The van der Waals surface area contributed by atoms with Crippen molar-refractivity contribution in [2.75, 3.05) is 11.9 Å². The number of nitro benzene ring substituents is 1. The molecule has 1 amide bonds. The first-order valence-electron chi connectivity index (χ1n) is 9.16. The molecule has 166 valence electrons. The number of aryl methyl sites for hydroxylation is 2. The zero-order valence-electron chi connectivity index (χ0n) is 16.8. The van der Waals surface area contributed by atoms with E-state index in [0.717, 1.165) is 17.7 Å². The summed E-state index contributed by atoms with van der Waals surface area (Å²) in [5.74, 6) is -1.91. The lowest BCUT2D eigenvalue weighted by Gasteiger charge is -2.14. The number of ether oxygens (including phenoxy) is 1. The third kappa shape index (κ3) is 4.99. The maximum absolute atomic E-state index is 13.2. The predicted molar refractivity (Wildman–Crippen MR) is 108 cm³/mol. The fourth-order valence-electron chi connectivity index (χ4n) is 2.98. The van der Waals surface area contributed by atoms with E-state index in [0.29, 0.717) is 22.7 Å². The average Bonchev–Trinajstić information content (AvgIpc) is 2.71. The van der Waals surface area contributed by atoms with Gasteiger partial charge < -0.3 is 10.1 Å². The molecule has 11 heteroatoms. The van der Waals surface area contributed by atoms with Gasteiger partial charge in [0, 0.05) is 17.5 Å². The van der Waals surface area contributed by atoms with E-state index >= 15 is 0 Å². The van der Waals surface area contributed by atoms with Gasteiger partial charge in [0.2, 0.25) is 0 Å². The predicted octanol–water partition coefficient (Wildman–Crippen LogP) is 4.57. The summed E-state index contributed by atoms with van der Waals surface area (Å²) < 4.78 is 44.6. The summed E-state index contributed by atoms with van der Waals surface area (Å²) >= 11 is 0. The molecule has 3 rings (SSSR count). The molecular weight excluding hydrogens is 431 g/mol. The van der Waals surface area contributed by atoms with Gasteiger partial charge in [0.15, 0.2) is 6.61 Å². The Bertz CT molecular complexity index is 1240. The smallest absolute Gasteiger partial charge is 0.418 e. The number of carbonyl (C=O) groups is 2. The lowest BCUT2D eigenvalue weighted by atomic mass is 10.1. The fraction of sp³-hybridized carbons (Fsp3) is 0.190. The third-order valence-corrected chi connectivity index (χ3v) is 4.51. The van der Waals surface area contributed by atoms with E-state index in [9.17, 15) is 32.9 Å². The second kappa shape index (κ2) is 8.61. The average molecular weight is 447 g/mol. The van der Waals surface area contributed by atoms with Crippen LogP contribution >= 0.6 is 0 Å². The summed E-state index contributed by atoms with van der Waals surface area (Å²) in [4.78, 5) is 38.6. The minimum atomic E-state index is -4.95. The summed E-state index contributed by atoms with van der Waals surface area (Å²) in [5, 5.41) is 13.4. The molecule has 1 heterocycles.